The Morgan fingerprint density at radius 3 is 2.58 bits per heavy atom. The Labute approximate surface area is 186 Å². The zero-order valence-electron chi connectivity index (χ0n) is 17.4. The number of nitrogens with one attached hydrogen (secondary N) is 1. The maximum Gasteiger partial charge on any atom is 0.262 e. The average Bonchev–Trinajstić information content (AvgIpc) is 2.78. The van der Waals surface area contributed by atoms with E-state index in [1.807, 2.05) is 12.1 Å². The standard InChI is InChI=1S/C25H24ClFN2O2/c1-3-17(2)19-9-11-20(12-10-19)28-15-18-8-13-24(21(26)14-18)31-16-25(30)29-23-7-5-4-6-22(23)27/h4-15,17H,3,16H2,1-2H3,(H,29,30)/t17-/m0/s1. The fourth-order valence-corrected chi connectivity index (χ4v) is 3.12. The van der Waals surface area contributed by atoms with Crippen LogP contribution in [0.5, 0.6) is 5.75 Å². The molecule has 31 heavy (non-hydrogen) atoms. The lowest BCUT2D eigenvalue weighted by atomic mass is 9.99. The third-order valence-corrected chi connectivity index (χ3v) is 5.20. The first-order chi connectivity index (χ1) is 15.0. The molecule has 3 rings (SSSR count). The van der Waals surface area contributed by atoms with Gasteiger partial charge in [0.25, 0.3) is 5.91 Å². The van der Waals surface area contributed by atoms with Gasteiger partial charge in [0, 0.05) is 6.21 Å². The first kappa shape index (κ1) is 22.5. The lowest BCUT2D eigenvalue weighted by molar-refractivity contribution is -0.118. The molecule has 1 amide bonds. The van der Waals surface area contributed by atoms with Gasteiger partial charge in [-0.05, 0) is 65.9 Å². The number of aliphatic imine (C=N–C) groups is 1. The molecular weight excluding hydrogens is 415 g/mol. The van der Waals surface area contributed by atoms with E-state index in [2.05, 4.69) is 36.3 Å². The Morgan fingerprint density at radius 1 is 1.16 bits per heavy atom. The molecule has 0 aliphatic carbocycles. The normalized spacial score (nSPS) is 12.0. The summed E-state index contributed by atoms with van der Waals surface area (Å²) in [5.74, 6) is -0.0988. The van der Waals surface area contributed by atoms with Gasteiger partial charge in [0.15, 0.2) is 6.61 Å². The Morgan fingerprint density at radius 2 is 1.90 bits per heavy atom. The fraction of sp³-hybridized carbons (Fsp3) is 0.200. The van der Waals surface area contributed by atoms with Crippen LogP contribution in [0.1, 0.15) is 37.3 Å². The first-order valence-electron chi connectivity index (χ1n) is 10.1. The summed E-state index contributed by atoms with van der Waals surface area (Å²) in [5.41, 5.74) is 3.06. The highest BCUT2D eigenvalue weighted by molar-refractivity contribution is 6.32. The third kappa shape index (κ3) is 6.40. The minimum atomic E-state index is -0.507. The van der Waals surface area contributed by atoms with E-state index >= 15 is 0 Å². The molecule has 0 unspecified atom stereocenters. The minimum Gasteiger partial charge on any atom is -0.482 e. The first-order valence-corrected chi connectivity index (χ1v) is 10.4. The molecule has 0 saturated heterocycles. The van der Waals surface area contributed by atoms with Gasteiger partial charge in [-0.15, -0.1) is 0 Å². The quantitative estimate of drug-likeness (QED) is 0.395. The number of halogens is 2. The summed E-state index contributed by atoms with van der Waals surface area (Å²) < 4.78 is 19.1. The molecule has 0 fully saturated rings. The molecule has 1 N–H and O–H groups in total. The molecule has 160 valence electrons. The van der Waals surface area contributed by atoms with Crippen LogP contribution in [0, 0.1) is 5.82 Å². The van der Waals surface area contributed by atoms with Gasteiger partial charge in [0.1, 0.15) is 11.6 Å². The predicted molar refractivity (Wildman–Crippen MR) is 124 cm³/mol. The number of nitrogens with zero attached hydrogens (tertiary/aromatic N) is 1. The number of carbonyl (C=O) groups excluding carboxylic acids is 1. The second-order valence-corrected chi connectivity index (χ2v) is 7.57. The Hall–Kier alpha value is -3.18. The number of ether oxygens (including phenoxy) is 1. The van der Waals surface area contributed by atoms with Crippen molar-refractivity contribution in [3.8, 4) is 5.75 Å². The third-order valence-electron chi connectivity index (χ3n) is 4.90. The number of hydrogen-bond acceptors (Lipinski definition) is 3. The van der Waals surface area contributed by atoms with Crippen molar-refractivity contribution in [3.63, 3.8) is 0 Å². The summed E-state index contributed by atoms with van der Waals surface area (Å²) in [6, 6.07) is 19.3. The number of rotatable bonds is 8. The minimum absolute atomic E-state index is 0.103. The number of para-hydroxylation sites is 1. The number of hydrogen-bond donors (Lipinski definition) is 1. The molecule has 0 bridgehead atoms. The Kier molecular flexibility index (Phi) is 7.79. The number of benzene rings is 3. The molecular formula is C25H24ClFN2O2. The molecule has 6 heteroatoms. The molecule has 3 aromatic rings. The van der Waals surface area contributed by atoms with Crippen LogP contribution in [0.3, 0.4) is 0 Å². The van der Waals surface area contributed by atoms with Crippen LogP contribution in [0.25, 0.3) is 0 Å². The average molecular weight is 439 g/mol. The van der Waals surface area contributed by atoms with E-state index in [0.29, 0.717) is 16.7 Å². The zero-order valence-corrected chi connectivity index (χ0v) is 18.2. The van der Waals surface area contributed by atoms with Gasteiger partial charge in [0.05, 0.1) is 16.4 Å². The van der Waals surface area contributed by atoms with Crippen molar-refractivity contribution in [3.05, 3.63) is 88.7 Å². The van der Waals surface area contributed by atoms with Crippen LogP contribution < -0.4 is 10.1 Å². The Bertz CT molecular complexity index is 1070. The number of amides is 1. The molecule has 4 nitrogen and oxygen atoms in total. The Balaban J connectivity index is 1.57. The molecule has 0 spiro atoms. The maximum absolute atomic E-state index is 13.6. The highest BCUT2D eigenvalue weighted by atomic mass is 35.5. The van der Waals surface area contributed by atoms with Gasteiger partial charge in [-0.2, -0.15) is 0 Å². The fourth-order valence-electron chi connectivity index (χ4n) is 2.88. The van der Waals surface area contributed by atoms with Crippen molar-refractivity contribution < 1.29 is 13.9 Å². The summed E-state index contributed by atoms with van der Waals surface area (Å²) in [5, 5.41) is 2.82. The molecule has 0 heterocycles. The van der Waals surface area contributed by atoms with Crippen LogP contribution in [0.4, 0.5) is 15.8 Å². The van der Waals surface area contributed by atoms with Gasteiger partial charge in [-0.25, -0.2) is 4.39 Å². The number of anilines is 1. The van der Waals surface area contributed by atoms with E-state index in [4.69, 9.17) is 16.3 Å². The molecule has 0 radical (unpaired) electrons. The zero-order chi connectivity index (χ0) is 22.2. The highest BCUT2D eigenvalue weighted by Gasteiger charge is 2.09. The molecule has 0 aliphatic rings. The van der Waals surface area contributed by atoms with E-state index < -0.39 is 11.7 Å². The largest absolute Gasteiger partial charge is 0.482 e. The summed E-state index contributed by atoms with van der Waals surface area (Å²) in [4.78, 5) is 16.5. The molecule has 0 aromatic heterocycles. The monoisotopic (exact) mass is 438 g/mol. The maximum atomic E-state index is 13.6. The van der Waals surface area contributed by atoms with Gasteiger partial charge >= 0.3 is 0 Å². The van der Waals surface area contributed by atoms with Crippen LogP contribution in [-0.2, 0) is 4.79 Å². The summed E-state index contributed by atoms with van der Waals surface area (Å²) >= 11 is 6.27. The van der Waals surface area contributed by atoms with E-state index in [1.54, 1.807) is 36.5 Å². The molecule has 0 aliphatic heterocycles. The topological polar surface area (TPSA) is 50.7 Å². The van der Waals surface area contributed by atoms with E-state index in [-0.39, 0.29) is 12.3 Å². The van der Waals surface area contributed by atoms with Gasteiger partial charge in [0.2, 0.25) is 0 Å². The second-order valence-electron chi connectivity index (χ2n) is 7.17. The molecule has 0 saturated carbocycles. The van der Waals surface area contributed by atoms with Gasteiger partial charge in [-0.1, -0.05) is 49.7 Å². The molecule has 1 atom stereocenters. The second kappa shape index (κ2) is 10.7. The summed E-state index contributed by atoms with van der Waals surface area (Å²) in [6.07, 6.45) is 2.82. The molecule has 3 aromatic carbocycles. The van der Waals surface area contributed by atoms with Crippen LogP contribution in [0.2, 0.25) is 5.02 Å². The van der Waals surface area contributed by atoms with Crippen LogP contribution >= 0.6 is 11.6 Å². The lowest BCUT2D eigenvalue weighted by Crippen LogP contribution is -2.20. The summed E-state index contributed by atoms with van der Waals surface area (Å²) in [6.45, 7) is 4.08. The van der Waals surface area contributed by atoms with Crippen molar-refractivity contribution in [2.24, 2.45) is 4.99 Å². The van der Waals surface area contributed by atoms with Gasteiger partial charge in [-0.3, -0.25) is 9.79 Å². The van der Waals surface area contributed by atoms with Crippen molar-refractivity contribution in [2.45, 2.75) is 26.2 Å². The highest BCUT2D eigenvalue weighted by Crippen LogP contribution is 2.26. The van der Waals surface area contributed by atoms with Crippen LogP contribution in [0.15, 0.2) is 71.7 Å². The van der Waals surface area contributed by atoms with Crippen molar-refractivity contribution in [2.75, 3.05) is 11.9 Å². The van der Waals surface area contributed by atoms with Crippen molar-refractivity contribution in [1.82, 2.24) is 0 Å². The number of carbonyl (C=O) groups is 1. The summed E-state index contributed by atoms with van der Waals surface area (Å²) in [7, 11) is 0. The van der Waals surface area contributed by atoms with Crippen molar-refractivity contribution >= 4 is 35.1 Å². The van der Waals surface area contributed by atoms with Crippen molar-refractivity contribution in [1.29, 1.82) is 0 Å². The van der Waals surface area contributed by atoms with Gasteiger partial charge < -0.3 is 10.1 Å². The van der Waals surface area contributed by atoms with E-state index in [9.17, 15) is 9.18 Å². The smallest absolute Gasteiger partial charge is 0.262 e. The SMILES string of the molecule is CC[C@H](C)c1ccc(N=Cc2ccc(OCC(=O)Nc3ccccc3F)c(Cl)c2)cc1. The van der Waals surface area contributed by atoms with E-state index in [0.717, 1.165) is 17.7 Å². The van der Waals surface area contributed by atoms with Crippen LogP contribution in [-0.4, -0.2) is 18.7 Å². The van der Waals surface area contributed by atoms with E-state index in [1.165, 1.54) is 17.7 Å². The predicted octanol–water partition coefficient (Wildman–Crippen LogP) is 6.76. The lowest BCUT2D eigenvalue weighted by Gasteiger charge is -2.10.